The Morgan fingerprint density at radius 2 is 1.90 bits per heavy atom. The molecule has 1 fully saturated rings. The quantitative estimate of drug-likeness (QED) is 0.606. The van der Waals surface area contributed by atoms with E-state index in [9.17, 15) is 4.79 Å². The lowest BCUT2D eigenvalue weighted by molar-refractivity contribution is -0.115. The largest absolute Gasteiger partial charge is 0.358 e. The van der Waals surface area contributed by atoms with Crippen molar-refractivity contribution in [2.75, 3.05) is 36.4 Å². The van der Waals surface area contributed by atoms with Gasteiger partial charge in [-0.2, -0.15) is 5.10 Å². The van der Waals surface area contributed by atoms with E-state index >= 15 is 0 Å². The summed E-state index contributed by atoms with van der Waals surface area (Å²) in [5, 5.41) is 7.60. The molecular formula is C24H30N6O. The molecule has 162 valence electrons. The fourth-order valence-electron chi connectivity index (χ4n) is 4.13. The number of nitrogens with one attached hydrogen (secondary N) is 1. The van der Waals surface area contributed by atoms with Gasteiger partial charge in [-0.15, -0.1) is 0 Å². The zero-order valence-electron chi connectivity index (χ0n) is 18.0. The van der Waals surface area contributed by atoms with E-state index in [4.69, 9.17) is 0 Å². The normalized spacial score (nSPS) is 15.0. The number of anilines is 2. The van der Waals surface area contributed by atoms with Gasteiger partial charge in [0, 0.05) is 43.8 Å². The van der Waals surface area contributed by atoms with Crippen molar-refractivity contribution in [3.8, 4) is 0 Å². The molecule has 0 bridgehead atoms. The first-order chi connectivity index (χ1) is 15.2. The smallest absolute Gasteiger partial charge is 0.245 e. The van der Waals surface area contributed by atoms with Crippen molar-refractivity contribution in [2.45, 2.75) is 32.4 Å². The van der Waals surface area contributed by atoms with E-state index in [-0.39, 0.29) is 12.5 Å². The maximum Gasteiger partial charge on any atom is 0.245 e. The van der Waals surface area contributed by atoms with Gasteiger partial charge >= 0.3 is 0 Å². The van der Waals surface area contributed by atoms with E-state index in [1.165, 1.54) is 0 Å². The van der Waals surface area contributed by atoms with Crippen LogP contribution in [0, 0.1) is 0 Å². The number of hydrogen-bond donors (Lipinski definition) is 1. The molecule has 4 rings (SSSR count). The molecule has 0 atom stereocenters. The number of rotatable bonds is 8. The van der Waals surface area contributed by atoms with Crippen molar-refractivity contribution in [1.29, 1.82) is 0 Å². The highest BCUT2D eigenvalue weighted by Gasteiger charge is 2.23. The van der Waals surface area contributed by atoms with Crippen LogP contribution in [0.3, 0.4) is 0 Å². The maximum absolute atomic E-state index is 13.0. The number of carbonyl (C=O) groups is 1. The average Bonchev–Trinajstić information content (AvgIpc) is 3.28. The summed E-state index contributed by atoms with van der Waals surface area (Å²) in [5.74, 6) is 0.717. The van der Waals surface area contributed by atoms with Gasteiger partial charge in [0.2, 0.25) is 5.91 Å². The molecule has 1 N–H and O–H groups in total. The number of para-hydroxylation sites is 1. The second-order valence-electron chi connectivity index (χ2n) is 7.93. The molecule has 7 heteroatoms. The summed E-state index contributed by atoms with van der Waals surface area (Å²) >= 11 is 0. The van der Waals surface area contributed by atoms with Crippen LogP contribution in [0.25, 0.3) is 0 Å². The topological polar surface area (TPSA) is 66.3 Å². The molecule has 1 aliphatic rings. The number of nitrogens with zero attached hydrogens (tertiary/aromatic N) is 5. The van der Waals surface area contributed by atoms with Gasteiger partial charge in [0.15, 0.2) is 0 Å². The number of pyridine rings is 1. The van der Waals surface area contributed by atoms with Crippen LogP contribution < -0.4 is 10.2 Å². The molecule has 3 heterocycles. The number of carbonyl (C=O) groups excluding carboxylic acids is 1. The molecule has 1 aliphatic heterocycles. The Bertz CT molecular complexity index is 950. The lowest BCUT2D eigenvalue weighted by Gasteiger charge is -2.32. The Labute approximate surface area is 183 Å². The van der Waals surface area contributed by atoms with Gasteiger partial charge in [0.1, 0.15) is 5.82 Å². The predicted molar refractivity (Wildman–Crippen MR) is 123 cm³/mol. The molecular weight excluding hydrogens is 388 g/mol. The summed E-state index contributed by atoms with van der Waals surface area (Å²) in [4.78, 5) is 21.7. The zero-order chi connectivity index (χ0) is 21.5. The number of amides is 1. The van der Waals surface area contributed by atoms with Crippen molar-refractivity contribution >= 4 is 17.4 Å². The molecule has 31 heavy (non-hydrogen) atoms. The molecule has 1 aromatic carbocycles. The van der Waals surface area contributed by atoms with Crippen molar-refractivity contribution in [3.05, 3.63) is 72.7 Å². The Balaban J connectivity index is 1.43. The number of aromatic nitrogens is 3. The fourth-order valence-corrected chi connectivity index (χ4v) is 4.13. The van der Waals surface area contributed by atoms with Gasteiger partial charge in [-0.3, -0.25) is 9.78 Å². The van der Waals surface area contributed by atoms with E-state index in [1.807, 2.05) is 59.4 Å². The molecule has 0 aliphatic carbocycles. The molecule has 0 saturated carbocycles. The molecule has 1 amide bonds. The lowest BCUT2D eigenvalue weighted by atomic mass is 10.1. The zero-order valence-corrected chi connectivity index (χ0v) is 18.0. The summed E-state index contributed by atoms with van der Waals surface area (Å²) in [6.07, 6.45) is 7.47. The molecule has 7 nitrogen and oxygen atoms in total. The highest BCUT2D eigenvalue weighted by atomic mass is 16.2. The molecule has 0 radical (unpaired) electrons. The van der Waals surface area contributed by atoms with E-state index in [0.717, 1.165) is 49.5 Å². The van der Waals surface area contributed by atoms with Crippen LogP contribution in [0.4, 0.5) is 11.5 Å². The van der Waals surface area contributed by atoms with Crippen molar-refractivity contribution in [3.63, 3.8) is 0 Å². The summed E-state index contributed by atoms with van der Waals surface area (Å²) < 4.78 is 1.98. The number of hydrogen-bond acceptors (Lipinski definition) is 5. The van der Waals surface area contributed by atoms with Gasteiger partial charge in [-0.1, -0.05) is 31.2 Å². The van der Waals surface area contributed by atoms with E-state index < -0.39 is 0 Å². The van der Waals surface area contributed by atoms with E-state index in [1.54, 1.807) is 12.4 Å². The Morgan fingerprint density at radius 1 is 1.10 bits per heavy atom. The van der Waals surface area contributed by atoms with Crippen molar-refractivity contribution in [2.24, 2.45) is 0 Å². The van der Waals surface area contributed by atoms with Crippen LogP contribution in [-0.4, -0.2) is 51.8 Å². The lowest BCUT2D eigenvalue weighted by Crippen LogP contribution is -2.36. The summed E-state index contributed by atoms with van der Waals surface area (Å²) in [5.41, 5.74) is 2.06. The highest BCUT2D eigenvalue weighted by Crippen LogP contribution is 2.25. The SMILES string of the molecule is CCN1CCC(n2nccc2NC(=O)CN(Cc2cccnc2)c2ccccc2)CC1. The first-order valence-electron chi connectivity index (χ1n) is 11.0. The van der Waals surface area contributed by atoms with Gasteiger partial charge in [0.05, 0.1) is 18.8 Å². The number of piperidine rings is 1. The minimum absolute atomic E-state index is 0.0551. The summed E-state index contributed by atoms with van der Waals surface area (Å²) in [6.45, 7) is 6.28. The second kappa shape index (κ2) is 10.2. The minimum atomic E-state index is -0.0551. The van der Waals surface area contributed by atoms with Gasteiger partial charge in [0.25, 0.3) is 0 Å². The third-order valence-electron chi connectivity index (χ3n) is 5.84. The molecule has 0 unspecified atom stereocenters. The van der Waals surface area contributed by atoms with Crippen molar-refractivity contribution in [1.82, 2.24) is 19.7 Å². The first-order valence-corrected chi connectivity index (χ1v) is 11.0. The fraction of sp³-hybridized carbons (Fsp3) is 0.375. The number of benzene rings is 1. The monoisotopic (exact) mass is 418 g/mol. The Hall–Kier alpha value is -3.19. The van der Waals surface area contributed by atoms with Crippen LogP contribution in [0.2, 0.25) is 0 Å². The van der Waals surface area contributed by atoms with Gasteiger partial charge < -0.3 is 15.1 Å². The van der Waals surface area contributed by atoms with Crippen molar-refractivity contribution < 1.29 is 4.79 Å². The molecule has 1 saturated heterocycles. The van der Waals surface area contributed by atoms with Crippen LogP contribution >= 0.6 is 0 Å². The third-order valence-corrected chi connectivity index (χ3v) is 5.84. The van der Waals surface area contributed by atoms with E-state index in [0.29, 0.717) is 12.6 Å². The van der Waals surface area contributed by atoms with E-state index in [2.05, 4.69) is 32.1 Å². The average molecular weight is 419 g/mol. The van der Waals surface area contributed by atoms with Crippen LogP contribution in [0.5, 0.6) is 0 Å². The predicted octanol–water partition coefficient (Wildman–Crippen LogP) is 3.58. The molecule has 0 spiro atoms. The van der Waals surface area contributed by atoms with Crippen LogP contribution in [0.15, 0.2) is 67.1 Å². The second-order valence-corrected chi connectivity index (χ2v) is 7.93. The standard InChI is InChI=1S/C24H30N6O/c1-2-28-15-11-22(12-16-28)30-23(10-14-26-30)27-24(31)19-29(21-8-4-3-5-9-21)18-20-7-6-13-25-17-20/h3-10,13-14,17,22H,2,11-12,15-16,18-19H2,1H3,(H,27,31). The summed E-state index contributed by atoms with van der Waals surface area (Å²) in [7, 11) is 0. The third kappa shape index (κ3) is 5.49. The maximum atomic E-state index is 13.0. The van der Waals surface area contributed by atoms with Gasteiger partial charge in [-0.25, -0.2) is 4.68 Å². The minimum Gasteiger partial charge on any atom is -0.358 e. The molecule has 3 aromatic rings. The van der Waals surface area contributed by atoms with Gasteiger partial charge in [-0.05, 0) is 43.1 Å². The highest BCUT2D eigenvalue weighted by molar-refractivity contribution is 5.93. The first kappa shape index (κ1) is 21.1. The Morgan fingerprint density at radius 3 is 2.61 bits per heavy atom. The Kier molecular flexibility index (Phi) is 6.94. The van der Waals surface area contributed by atoms with Crippen LogP contribution in [-0.2, 0) is 11.3 Å². The molecule has 2 aromatic heterocycles. The summed E-state index contributed by atoms with van der Waals surface area (Å²) in [6, 6.07) is 16.2. The number of likely N-dealkylation sites (tertiary alicyclic amines) is 1. The van der Waals surface area contributed by atoms with Crippen LogP contribution in [0.1, 0.15) is 31.4 Å².